The van der Waals surface area contributed by atoms with Crippen LogP contribution in [0.1, 0.15) is 15.9 Å². The van der Waals surface area contributed by atoms with Crippen LogP contribution in [0.15, 0.2) is 65.1 Å². The van der Waals surface area contributed by atoms with E-state index in [4.69, 9.17) is 4.74 Å². The molecule has 3 heteroatoms. The molecular weight excluding hydrogens is 328 g/mol. The van der Waals surface area contributed by atoms with Gasteiger partial charge in [0.05, 0.1) is 5.56 Å². The maximum atomic E-state index is 12.3. The number of benzene rings is 3. The molecule has 104 valence electrons. The average Bonchev–Trinajstić information content (AvgIpc) is 2.50. The van der Waals surface area contributed by atoms with E-state index in [1.807, 2.05) is 55.5 Å². The summed E-state index contributed by atoms with van der Waals surface area (Å²) in [5.74, 6) is 0.224. The third kappa shape index (κ3) is 2.83. The Kier molecular flexibility index (Phi) is 3.76. The molecule has 0 spiro atoms. The number of fused-ring (bicyclic) bond motifs is 1. The second-order valence-corrected chi connectivity index (χ2v) is 5.69. The number of carbonyl (C=O) groups is 1. The van der Waals surface area contributed by atoms with Crippen molar-refractivity contribution < 1.29 is 9.53 Å². The molecule has 0 N–H and O–H groups in total. The van der Waals surface area contributed by atoms with Crippen molar-refractivity contribution in [2.24, 2.45) is 0 Å². The Bertz CT molecular complexity index is 819. The molecule has 0 saturated heterocycles. The van der Waals surface area contributed by atoms with E-state index in [-0.39, 0.29) is 5.97 Å². The largest absolute Gasteiger partial charge is 0.422 e. The maximum absolute atomic E-state index is 12.3. The summed E-state index contributed by atoms with van der Waals surface area (Å²) in [6.45, 7) is 1.98. The lowest BCUT2D eigenvalue weighted by Gasteiger charge is -2.08. The van der Waals surface area contributed by atoms with Crippen LogP contribution in [0.5, 0.6) is 5.75 Å². The third-order valence-electron chi connectivity index (χ3n) is 3.36. The first-order valence-corrected chi connectivity index (χ1v) is 7.40. The molecule has 0 atom stereocenters. The van der Waals surface area contributed by atoms with E-state index in [2.05, 4.69) is 15.9 Å². The van der Waals surface area contributed by atoms with E-state index in [9.17, 15) is 4.79 Å². The third-order valence-corrected chi connectivity index (χ3v) is 4.21. The van der Waals surface area contributed by atoms with Crippen LogP contribution in [0.25, 0.3) is 10.8 Å². The monoisotopic (exact) mass is 340 g/mol. The van der Waals surface area contributed by atoms with Crippen molar-refractivity contribution in [3.63, 3.8) is 0 Å². The SMILES string of the molecule is Cc1ccc(C(=O)Oc2cccc3ccccc23)cc1Br. The Labute approximate surface area is 131 Å². The number of carbonyl (C=O) groups excluding carboxylic acids is 1. The molecule has 0 aliphatic rings. The average molecular weight is 341 g/mol. The van der Waals surface area contributed by atoms with Crippen LogP contribution in [0.4, 0.5) is 0 Å². The fraction of sp³-hybridized carbons (Fsp3) is 0.0556. The lowest BCUT2D eigenvalue weighted by molar-refractivity contribution is 0.0737. The number of halogens is 1. The molecule has 0 heterocycles. The molecule has 0 fully saturated rings. The maximum Gasteiger partial charge on any atom is 0.343 e. The topological polar surface area (TPSA) is 26.3 Å². The Morgan fingerprint density at radius 1 is 1.00 bits per heavy atom. The lowest BCUT2D eigenvalue weighted by Crippen LogP contribution is -2.08. The molecule has 3 rings (SSSR count). The molecule has 0 radical (unpaired) electrons. The number of hydrogen-bond donors (Lipinski definition) is 0. The van der Waals surface area contributed by atoms with Crippen molar-refractivity contribution >= 4 is 32.7 Å². The summed E-state index contributed by atoms with van der Waals surface area (Å²) in [5.41, 5.74) is 1.61. The predicted octanol–water partition coefficient (Wildman–Crippen LogP) is 5.13. The highest BCUT2D eigenvalue weighted by Gasteiger charge is 2.11. The molecule has 2 nitrogen and oxygen atoms in total. The number of rotatable bonds is 2. The number of hydrogen-bond acceptors (Lipinski definition) is 2. The van der Waals surface area contributed by atoms with Gasteiger partial charge in [0.25, 0.3) is 0 Å². The Balaban J connectivity index is 1.94. The van der Waals surface area contributed by atoms with Crippen molar-refractivity contribution in [1.29, 1.82) is 0 Å². The summed E-state index contributed by atoms with van der Waals surface area (Å²) in [6, 6.07) is 19.0. The summed E-state index contributed by atoms with van der Waals surface area (Å²) < 4.78 is 6.45. The lowest BCUT2D eigenvalue weighted by atomic mass is 10.1. The first-order valence-electron chi connectivity index (χ1n) is 6.61. The van der Waals surface area contributed by atoms with Gasteiger partial charge in [0.15, 0.2) is 0 Å². The van der Waals surface area contributed by atoms with Gasteiger partial charge in [-0.2, -0.15) is 0 Å². The minimum atomic E-state index is -0.355. The van der Waals surface area contributed by atoms with Crippen LogP contribution < -0.4 is 4.74 Å². The molecule has 0 bridgehead atoms. The Morgan fingerprint density at radius 3 is 2.57 bits per heavy atom. The standard InChI is InChI=1S/C18H13BrO2/c1-12-9-10-14(11-16(12)19)18(20)21-17-8-4-6-13-5-2-3-7-15(13)17/h2-11H,1H3. The minimum Gasteiger partial charge on any atom is -0.422 e. The zero-order chi connectivity index (χ0) is 14.8. The minimum absolute atomic E-state index is 0.355. The van der Waals surface area contributed by atoms with Crippen molar-refractivity contribution in [1.82, 2.24) is 0 Å². The van der Waals surface area contributed by atoms with Gasteiger partial charge in [-0.15, -0.1) is 0 Å². The Hall–Kier alpha value is -2.13. The van der Waals surface area contributed by atoms with E-state index in [0.717, 1.165) is 20.8 Å². The predicted molar refractivity (Wildman–Crippen MR) is 87.8 cm³/mol. The molecule has 0 aliphatic carbocycles. The fourth-order valence-electron chi connectivity index (χ4n) is 2.16. The van der Waals surface area contributed by atoms with E-state index < -0.39 is 0 Å². The van der Waals surface area contributed by atoms with E-state index in [0.29, 0.717) is 11.3 Å². The second-order valence-electron chi connectivity index (χ2n) is 4.83. The molecule has 0 amide bonds. The van der Waals surface area contributed by atoms with Gasteiger partial charge in [-0.25, -0.2) is 4.79 Å². The van der Waals surface area contributed by atoms with Gasteiger partial charge in [-0.05, 0) is 36.1 Å². The van der Waals surface area contributed by atoms with Crippen molar-refractivity contribution in [2.75, 3.05) is 0 Å². The number of ether oxygens (including phenoxy) is 1. The summed E-state index contributed by atoms with van der Waals surface area (Å²) >= 11 is 3.43. The molecule has 0 saturated carbocycles. The van der Waals surface area contributed by atoms with Crippen molar-refractivity contribution in [2.45, 2.75) is 6.92 Å². The van der Waals surface area contributed by atoms with Crippen molar-refractivity contribution in [3.05, 3.63) is 76.3 Å². The smallest absolute Gasteiger partial charge is 0.343 e. The highest BCUT2D eigenvalue weighted by Crippen LogP contribution is 2.26. The van der Waals surface area contributed by atoms with Crippen LogP contribution in [0.2, 0.25) is 0 Å². The van der Waals surface area contributed by atoms with E-state index >= 15 is 0 Å². The molecule has 21 heavy (non-hydrogen) atoms. The van der Waals surface area contributed by atoms with Gasteiger partial charge in [0.2, 0.25) is 0 Å². The van der Waals surface area contributed by atoms with Crippen LogP contribution in [0.3, 0.4) is 0 Å². The van der Waals surface area contributed by atoms with Gasteiger partial charge >= 0.3 is 5.97 Å². The second kappa shape index (κ2) is 5.70. The molecular formula is C18H13BrO2. The van der Waals surface area contributed by atoms with Crippen LogP contribution in [0, 0.1) is 6.92 Å². The molecule has 3 aromatic rings. The van der Waals surface area contributed by atoms with Crippen LogP contribution >= 0.6 is 15.9 Å². The zero-order valence-electron chi connectivity index (χ0n) is 11.5. The van der Waals surface area contributed by atoms with Crippen LogP contribution in [-0.4, -0.2) is 5.97 Å². The summed E-state index contributed by atoms with van der Waals surface area (Å²) in [6.07, 6.45) is 0. The molecule has 0 unspecified atom stereocenters. The normalized spacial score (nSPS) is 10.6. The van der Waals surface area contributed by atoms with Gasteiger partial charge in [0.1, 0.15) is 5.75 Å². The Morgan fingerprint density at radius 2 is 1.76 bits per heavy atom. The van der Waals surface area contributed by atoms with Crippen LogP contribution in [-0.2, 0) is 0 Å². The van der Waals surface area contributed by atoms with E-state index in [1.165, 1.54) is 0 Å². The molecule has 0 aliphatic heterocycles. The van der Waals surface area contributed by atoms with Gasteiger partial charge < -0.3 is 4.74 Å². The highest BCUT2D eigenvalue weighted by atomic mass is 79.9. The first kappa shape index (κ1) is 13.8. The quantitative estimate of drug-likeness (QED) is 0.477. The van der Waals surface area contributed by atoms with E-state index in [1.54, 1.807) is 12.1 Å². The van der Waals surface area contributed by atoms with Gasteiger partial charge in [0, 0.05) is 9.86 Å². The number of aryl methyl sites for hydroxylation is 1. The summed E-state index contributed by atoms with van der Waals surface area (Å²) in [7, 11) is 0. The zero-order valence-corrected chi connectivity index (χ0v) is 13.1. The van der Waals surface area contributed by atoms with Gasteiger partial charge in [-0.1, -0.05) is 58.4 Å². The van der Waals surface area contributed by atoms with Gasteiger partial charge in [-0.3, -0.25) is 0 Å². The fourth-order valence-corrected chi connectivity index (χ4v) is 2.54. The highest BCUT2D eigenvalue weighted by molar-refractivity contribution is 9.10. The first-order chi connectivity index (χ1) is 10.1. The summed E-state index contributed by atoms with van der Waals surface area (Å²) in [5, 5.41) is 1.98. The summed E-state index contributed by atoms with van der Waals surface area (Å²) in [4.78, 5) is 12.3. The number of esters is 1. The molecule has 0 aromatic heterocycles. The molecule has 3 aromatic carbocycles. The van der Waals surface area contributed by atoms with Crippen molar-refractivity contribution in [3.8, 4) is 5.75 Å².